The molecule has 10 nitrogen and oxygen atoms in total. The van der Waals surface area contributed by atoms with Crippen LogP contribution in [-0.2, 0) is 9.53 Å². The summed E-state index contributed by atoms with van der Waals surface area (Å²) in [7, 11) is 1.32. The van der Waals surface area contributed by atoms with Gasteiger partial charge in [-0.25, -0.2) is 4.79 Å². The Morgan fingerprint density at radius 1 is 1.23 bits per heavy atom. The lowest BCUT2D eigenvalue weighted by atomic mass is 9.97. The van der Waals surface area contributed by atoms with Crippen molar-refractivity contribution in [2.45, 2.75) is 37.6 Å². The molecule has 1 heterocycles. The van der Waals surface area contributed by atoms with Gasteiger partial charge >= 0.3 is 5.97 Å². The Morgan fingerprint density at radius 3 is 2.46 bits per heavy atom. The normalized spacial score (nSPS) is 28.3. The minimum absolute atomic E-state index is 0.0270. The Labute approximate surface area is 148 Å². The van der Waals surface area contributed by atoms with Crippen LogP contribution in [0.25, 0.3) is 0 Å². The van der Waals surface area contributed by atoms with Gasteiger partial charge in [0.1, 0.15) is 24.4 Å². The number of aliphatic hydroxyl groups excluding tert-OH is 3. The number of nitrogens with one attached hydrogen (secondary N) is 1. The summed E-state index contributed by atoms with van der Waals surface area (Å²) < 4.78 is 16.2. The summed E-state index contributed by atoms with van der Waals surface area (Å²) in [6.07, 6.45) is -5.30. The minimum atomic E-state index is -1.46. The molecule has 1 amide bonds. The number of hydrogen-bond acceptors (Lipinski definition) is 8. The van der Waals surface area contributed by atoms with Crippen LogP contribution >= 0.6 is 0 Å². The molecule has 0 radical (unpaired) electrons. The van der Waals surface area contributed by atoms with Crippen molar-refractivity contribution in [3.05, 3.63) is 23.8 Å². The molecule has 1 aromatic rings. The summed E-state index contributed by atoms with van der Waals surface area (Å²) in [5, 5.41) is 41.0. The van der Waals surface area contributed by atoms with Crippen LogP contribution in [0.3, 0.4) is 0 Å². The first kappa shape index (κ1) is 19.9. The lowest BCUT2D eigenvalue weighted by Gasteiger charge is -2.42. The van der Waals surface area contributed by atoms with E-state index in [4.69, 9.17) is 19.3 Å². The molecule has 5 atom stereocenters. The Morgan fingerprint density at radius 2 is 1.92 bits per heavy atom. The van der Waals surface area contributed by atoms with E-state index in [0.29, 0.717) is 0 Å². The van der Waals surface area contributed by atoms with Crippen molar-refractivity contribution in [3.63, 3.8) is 0 Å². The van der Waals surface area contributed by atoms with E-state index in [1.54, 1.807) is 0 Å². The maximum absolute atomic E-state index is 11.4. The van der Waals surface area contributed by atoms with Crippen LogP contribution in [-0.4, -0.2) is 76.7 Å². The first-order chi connectivity index (χ1) is 12.3. The Balaban J connectivity index is 2.31. The van der Waals surface area contributed by atoms with E-state index in [2.05, 4.69) is 5.32 Å². The van der Waals surface area contributed by atoms with E-state index in [1.165, 1.54) is 32.2 Å². The number of carboxylic acids is 1. The molecule has 0 aromatic heterocycles. The highest BCUT2D eigenvalue weighted by Gasteiger charge is 2.46. The summed E-state index contributed by atoms with van der Waals surface area (Å²) >= 11 is 0. The predicted octanol–water partition coefficient (Wildman–Crippen LogP) is -1.28. The number of hydrogen-bond donors (Lipinski definition) is 5. The molecule has 0 spiro atoms. The van der Waals surface area contributed by atoms with E-state index in [9.17, 15) is 24.9 Å². The molecule has 10 heteroatoms. The zero-order valence-corrected chi connectivity index (χ0v) is 14.2. The number of amides is 1. The highest BCUT2D eigenvalue weighted by atomic mass is 16.7. The number of rotatable bonds is 6. The van der Waals surface area contributed by atoms with Gasteiger partial charge in [0.2, 0.25) is 12.2 Å². The summed E-state index contributed by atoms with van der Waals surface area (Å²) in [6, 6.07) is 2.73. The first-order valence-corrected chi connectivity index (χ1v) is 7.76. The van der Waals surface area contributed by atoms with Crippen LogP contribution in [0.1, 0.15) is 17.3 Å². The second-order valence-corrected chi connectivity index (χ2v) is 5.72. The van der Waals surface area contributed by atoms with Gasteiger partial charge in [-0.3, -0.25) is 4.79 Å². The molecule has 1 saturated heterocycles. The summed E-state index contributed by atoms with van der Waals surface area (Å²) in [4.78, 5) is 22.4. The van der Waals surface area contributed by atoms with Crippen LogP contribution < -0.4 is 14.8 Å². The van der Waals surface area contributed by atoms with Crippen LogP contribution in [0.2, 0.25) is 0 Å². The van der Waals surface area contributed by atoms with E-state index in [0.717, 1.165) is 0 Å². The van der Waals surface area contributed by atoms with Crippen LogP contribution in [0.5, 0.6) is 11.5 Å². The fourth-order valence-electron chi connectivity index (χ4n) is 2.59. The van der Waals surface area contributed by atoms with Crippen molar-refractivity contribution in [1.29, 1.82) is 0 Å². The fourth-order valence-corrected chi connectivity index (χ4v) is 2.59. The molecule has 26 heavy (non-hydrogen) atoms. The third-order valence-electron chi connectivity index (χ3n) is 3.90. The van der Waals surface area contributed by atoms with E-state index in [-0.39, 0.29) is 17.1 Å². The Bertz CT molecular complexity index is 665. The maximum atomic E-state index is 11.4. The zero-order valence-electron chi connectivity index (χ0n) is 14.2. The molecular formula is C16H21NO9. The summed E-state index contributed by atoms with van der Waals surface area (Å²) in [6.45, 7) is 0.635. The van der Waals surface area contributed by atoms with Gasteiger partial charge in [0.25, 0.3) is 0 Å². The minimum Gasteiger partial charge on any atom is -0.493 e. The lowest BCUT2D eigenvalue weighted by Crippen LogP contribution is -2.65. The molecule has 0 bridgehead atoms. The molecule has 0 saturated carbocycles. The van der Waals surface area contributed by atoms with Crippen molar-refractivity contribution in [2.24, 2.45) is 0 Å². The highest BCUT2D eigenvalue weighted by Crippen LogP contribution is 2.32. The SMILES string of the molecule is COc1cc(C(=O)O)ccc1O[C@@H]1O[C@H](CO)[C@H](O)[C@@H](O)[C@@H]1NC(C)=O. The Kier molecular flexibility index (Phi) is 6.37. The standard InChI is InChI=1S/C16H21NO9/c1-7(19)17-12-14(21)13(20)11(6-18)26-16(12)25-9-4-3-8(15(22)23)5-10(9)24-2/h3-5,11-14,16,18,20-21H,6H2,1-2H3,(H,17,19)(H,22,23)/t11-,12+,13+,14+,16-/m1/s1. The summed E-state index contributed by atoms with van der Waals surface area (Å²) in [5.74, 6) is -1.46. The van der Waals surface area contributed by atoms with Gasteiger partial charge in [-0.2, -0.15) is 0 Å². The van der Waals surface area contributed by atoms with Crippen molar-refractivity contribution in [1.82, 2.24) is 5.32 Å². The predicted molar refractivity (Wildman–Crippen MR) is 85.9 cm³/mol. The molecule has 1 aliphatic heterocycles. The van der Waals surface area contributed by atoms with Gasteiger partial charge in [-0.1, -0.05) is 0 Å². The second kappa shape index (κ2) is 8.32. The average Bonchev–Trinajstić information content (AvgIpc) is 2.60. The second-order valence-electron chi connectivity index (χ2n) is 5.72. The van der Waals surface area contributed by atoms with Gasteiger partial charge in [0, 0.05) is 6.92 Å². The molecule has 1 aliphatic rings. The van der Waals surface area contributed by atoms with Crippen molar-refractivity contribution < 1.29 is 44.2 Å². The van der Waals surface area contributed by atoms with E-state index in [1.807, 2.05) is 0 Å². The number of methoxy groups -OCH3 is 1. The molecule has 1 aromatic carbocycles. The van der Waals surface area contributed by atoms with E-state index < -0.39 is 49.1 Å². The van der Waals surface area contributed by atoms with Gasteiger partial charge in [-0.15, -0.1) is 0 Å². The van der Waals surface area contributed by atoms with Gasteiger partial charge < -0.3 is 40.0 Å². The number of carbonyl (C=O) groups is 2. The third-order valence-corrected chi connectivity index (χ3v) is 3.90. The number of aliphatic hydroxyl groups is 3. The van der Waals surface area contributed by atoms with Crippen molar-refractivity contribution >= 4 is 11.9 Å². The summed E-state index contributed by atoms with van der Waals surface area (Å²) in [5.41, 5.74) is -0.0270. The first-order valence-electron chi connectivity index (χ1n) is 7.76. The number of carboxylic acid groups (broad SMARTS) is 1. The maximum Gasteiger partial charge on any atom is 0.335 e. The van der Waals surface area contributed by atoms with E-state index >= 15 is 0 Å². The van der Waals surface area contributed by atoms with Crippen LogP contribution in [0, 0.1) is 0 Å². The highest BCUT2D eigenvalue weighted by molar-refractivity contribution is 5.88. The van der Waals surface area contributed by atoms with Gasteiger partial charge in [0.05, 0.1) is 19.3 Å². The molecular weight excluding hydrogens is 350 g/mol. The molecule has 5 N–H and O–H groups in total. The van der Waals surface area contributed by atoms with Crippen molar-refractivity contribution in [2.75, 3.05) is 13.7 Å². The monoisotopic (exact) mass is 371 g/mol. The number of ether oxygens (including phenoxy) is 3. The molecule has 0 unspecified atom stereocenters. The average molecular weight is 371 g/mol. The lowest BCUT2D eigenvalue weighted by molar-refractivity contribution is -0.244. The van der Waals surface area contributed by atoms with Crippen LogP contribution in [0.4, 0.5) is 0 Å². The van der Waals surface area contributed by atoms with Gasteiger partial charge in [0.15, 0.2) is 11.5 Å². The largest absolute Gasteiger partial charge is 0.493 e. The number of aromatic carboxylic acids is 1. The number of carbonyl (C=O) groups excluding carboxylic acids is 1. The smallest absolute Gasteiger partial charge is 0.335 e. The van der Waals surface area contributed by atoms with Crippen LogP contribution in [0.15, 0.2) is 18.2 Å². The number of benzene rings is 1. The van der Waals surface area contributed by atoms with Crippen molar-refractivity contribution in [3.8, 4) is 11.5 Å². The Hall–Kier alpha value is -2.40. The fraction of sp³-hybridized carbons (Fsp3) is 0.500. The topological polar surface area (TPSA) is 155 Å². The third kappa shape index (κ3) is 4.22. The van der Waals surface area contributed by atoms with Gasteiger partial charge in [-0.05, 0) is 18.2 Å². The molecule has 2 rings (SSSR count). The quantitative estimate of drug-likeness (QED) is 0.411. The zero-order chi connectivity index (χ0) is 19.4. The molecule has 0 aliphatic carbocycles. The molecule has 144 valence electrons. The molecule has 1 fully saturated rings.